The Kier molecular flexibility index (Phi) is 1.73. The normalized spacial score (nSPS) is 11.6. The summed E-state index contributed by atoms with van der Waals surface area (Å²) in [5, 5.41) is 6.09. The molecule has 0 spiro atoms. The molecule has 0 N–H and O–H groups in total. The van der Waals surface area contributed by atoms with Crippen LogP contribution in [-0.4, -0.2) is 0 Å². The lowest BCUT2D eigenvalue weighted by Crippen LogP contribution is -1.74. The summed E-state index contributed by atoms with van der Waals surface area (Å²) in [4.78, 5) is 0. The largest absolute Gasteiger partial charge is 0.133 e. The Morgan fingerprint density at radius 2 is 1.75 bits per heavy atom. The predicted octanol–water partition coefficient (Wildman–Crippen LogP) is 3.80. The van der Waals surface area contributed by atoms with Crippen LogP contribution in [0.25, 0.3) is 10.8 Å². The summed E-state index contributed by atoms with van der Waals surface area (Å²) in [6, 6.07) is 6.59. The maximum absolute atomic E-state index is 2.25. The Bertz CT molecular complexity index is 424. The molecule has 0 radical (unpaired) electrons. The van der Waals surface area contributed by atoms with E-state index in [0.717, 1.165) is 8.19 Å². The highest BCUT2D eigenvalue weighted by atomic mass is 31.0. The summed E-state index contributed by atoms with van der Waals surface area (Å²) in [5.74, 6) is 0. The zero-order valence-electron chi connectivity index (χ0n) is 7.73. The van der Waals surface area contributed by atoms with E-state index >= 15 is 0 Å². The minimum absolute atomic E-state index is 0.924. The van der Waals surface area contributed by atoms with Crippen LogP contribution in [0.5, 0.6) is 0 Å². The van der Waals surface area contributed by atoms with Crippen molar-refractivity contribution >= 4 is 19.0 Å². The molecule has 62 valence electrons. The van der Waals surface area contributed by atoms with Gasteiger partial charge < -0.3 is 0 Å². The lowest BCUT2D eigenvalue weighted by atomic mass is 10.1. The Hall–Kier alpha value is -0.740. The highest BCUT2D eigenvalue weighted by Gasteiger charge is 2.04. The van der Waals surface area contributed by atoms with Gasteiger partial charge in [0.25, 0.3) is 0 Å². The third-order valence-corrected chi connectivity index (χ3v) is 3.70. The smallest absolute Gasteiger partial charge is 0.00824 e. The van der Waals surface area contributed by atoms with Crippen molar-refractivity contribution in [2.24, 2.45) is 0 Å². The number of rotatable bonds is 0. The first-order valence-electron chi connectivity index (χ1n) is 4.24. The Morgan fingerprint density at radius 1 is 1.00 bits per heavy atom. The van der Waals surface area contributed by atoms with E-state index in [-0.39, 0.29) is 0 Å². The molecule has 1 aromatic heterocycles. The van der Waals surface area contributed by atoms with Crippen LogP contribution >= 0.6 is 8.19 Å². The minimum Gasteiger partial charge on any atom is -0.133 e. The molecule has 0 saturated carbocycles. The average molecular weight is 176 g/mol. The van der Waals surface area contributed by atoms with Crippen molar-refractivity contribution in [2.75, 3.05) is 0 Å². The van der Waals surface area contributed by atoms with Gasteiger partial charge in [-0.15, -0.1) is 8.19 Å². The van der Waals surface area contributed by atoms with Gasteiger partial charge in [0.2, 0.25) is 0 Å². The van der Waals surface area contributed by atoms with Crippen LogP contribution in [0, 0.1) is 20.8 Å². The number of aryl methyl sites for hydroxylation is 3. The second-order valence-corrected chi connectivity index (χ2v) is 5.12. The fourth-order valence-corrected chi connectivity index (χ4v) is 3.25. The molecule has 1 aromatic carbocycles. The molecule has 0 aliphatic rings. The zero-order chi connectivity index (χ0) is 8.72. The van der Waals surface area contributed by atoms with Gasteiger partial charge in [-0.3, -0.25) is 0 Å². The van der Waals surface area contributed by atoms with E-state index in [9.17, 15) is 0 Å². The molecule has 0 fully saturated rings. The summed E-state index contributed by atoms with van der Waals surface area (Å²) in [7, 11) is 0.924. The molecule has 0 amide bonds. The molecular weight excluding hydrogens is 163 g/mol. The molecule has 1 heterocycles. The van der Waals surface area contributed by atoms with Crippen molar-refractivity contribution in [1.29, 1.82) is 0 Å². The molecule has 1 unspecified atom stereocenters. The molecule has 1 heteroatoms. The van der Waals surface area contributed by atoms with E-state index < -0.39 is 0 Å². The van der Waals surface area contributed by atoms with Gasteiger partial charge in [-0.25, -0.2) is 0 Å². The fourth-order valence-electron chi connectivity index (χ4n) is 1.89. The van der Waals surface area contributed by atoms with Gasteiger partial charge in [0, 0.05) is 0 Å². The second kappa shape index (κ2) is 2.64. The third-order valence-electron chi connectivity index (χ3n) is 2.43. The summed E-state index contributed by atoms with van der Waals surface area (Å²) >= 11 is 0. The molecule has 0 aliphatic carbocycles. The Balaban J connectivity index is 2.99. The zero-order valence-corrected chi connectivity index (χ0v) is 8.73. The quantitative estimate of drug-likeness (QED) is 0.572. The van der Waals surface area contributed by atoms with Crippen molar-refractivity contribution < 1.29 is 0 Å². The highest BCUT2D eigenvalue weighted by molar-refractivity contribution is 7.33. The average Bonchev–Trinajstić information content (AvgIpc) is 2.29. The van der Waals surface area contributed by atoms with Crippen LogP contribution in [0.15, 0.2) is 18.2 Å². The molecule has 1 atom stereocenters. The van der Waals surface area contributed by atoms with Crippen molar-refractivity contribution in [1.82, 2.24) is 0 Å². The van der Waals surface area contributed by atoms with Crippen molar-refractivity contribution in [3.05, 3.63) is 34.4 Å². The van der Waals surface area contributed by atoms with Gasteiger partial charge in [-0.1, -0.05) is 18.2 Å². The van der Waals surface area contributed by atoms with Gasteiger partial charge in [0.15, 0.2) is 0 Å². The van der Waals surface area contributed by atoms with Crippen molar-refractivity contribution in [3.8, 4) is 0 Å². The number of hydrogen-bond donors (Lipinski definition) is 0. The topological polar surface area (TPSA) is 0 Å². The van der Waals surface area contributed by atoms with E-state index in [1.54, 1.807) is 10.6 Å². The second-order valence-electron chi connectivity index (χ2n) is 3.37. The summed E-state index contributed by atoms with van der Waals surface area (Å²) in [6.07, 6.45) is 0. The maximum Gasteiger partial charge on any atom is -0.00824 e. The Morgan fingerprint density at radius 3 is 2.42 bits per heavy atom. The summed E-state index contributed by atoms with van der Waals surface area (Å²) < 4.78 is 0. The van der Waals surface area contributed by atoms with E-state index in [1.807, 2.05) is 0 Å². The van der Waals surface area contributed by atoms with Crippen LogP contribution in [0.3, 0.4) is 0 Å². The maximum atomic E-state index is 2.25. The molecule has 0 bridgehead atoms. The first-order valence-corrected chi connectivity index (χ1v) is 5.24. The van der Waals surface area contributed by atoms with Gasteiger partial charge >= 0.3 is 0 Å². The molecular formula is C11H13P. The Labute approximate surface area is 74.7 Å². The van der Waals surface area contributed by atoms with Crippen LogP contribution < -0.4 is 0 Å². The molecule has 12 heavy (non-hydrogen) atoms. The monoisotopic (exact) mass is 176 g/mol. The minimum atomic E-state index is 0.924. The fraction of sp³-hybridized carbons (Fsp3) is 0.273. The van der Waals surface area contributed by atoms with Gasteiger partial charge in [0.1, 0.15) is 0 Å². The lowest BCUT2D eigenvalue weighted by Gasteiger charge is -1.97. The SMILES string of the molecule is Cc1[pH]c(C)c2c(C)cccc12. The van der Waals surface area contributed by atoms with Crippen LogP contribution in [0.2, 0.25) is 0 Å². The number of benzene rings is 1. The van der Waals surface area contributed by atoms with Crippen LogP contribution in [0.4, 0.5) is 0 Å². The van der Waals surface area contributed by atoms with Crippen LogP contribution in [0.1, 0.15) is 16.2 Å². The molecule has 0 aliphatic heterocycles. The molecule has 0 saturated heterocycles. The van der Waals surface area contributed by atoms with E-state index in [0.29, 0.717) is 0 Å². The third kappa shape index (κ3) is 0.990. The molecule has 2 aromatic rings. The molecule has 2 rings (SSSR count). The van der Waals surface area contributed by atoms with Gasteiger partial charge in [-0.2, -0.15) is 0 Å². The predicted molar refractivity (Wildman–Crippen MR) is 57.7 cm³/mol. The summed E-state index contributed by atoms with van der Waals surface area (Å²) in [6.45, 7) is 6.69. The van der Waals surface area contributed by atoms with Crippen molar-refractivity contribution in [3.63, 3.8) is 0 Å². The first kappa shape index (κ1) is 7.89. The van der Waals surface area contributed by atoms with Gasteiger partial charge in [-0.05, 0) is 47.7 Å². The highest BCUT2D eigenvalue weighted by Crippen LogP contribution is 2.35. The van der Waals surface area contributed by atoms with E-state index in [1.165, 1.54) is 16.3 Å². The number of hydrogen-bond acceptors (Lipinski definition) is 0. The number of fused-ring (bicyclic) bond motifs is 1. The molecule has 0 nitrogen and oxygen atoms in total. The lowest BCUT2D eigenvalue weighted by molar-refractivity contribution is 1.52. The van der Waals surface area contributed by atoms with Crippen LogP contribution in [-0.2, 0) is 0 Å². The summed E-state index contributed by atoms with van der Waals surface area (Å²) in [5.41, 5.74) is 1.43. The van der Waals surface area contributed by atoms with E-state index in [2.05, 4.69) is 39.0 Å². The first-order chi connectivity index (χ1) is 5.70. The van der Waals surface area contributed by atoms with E-state index in [4.69, 9.17) is 0 Å². The van der Waals surface area contributed by atoms with Crippen molar-refractivity contribution in [2.45, 2.75) is 20.8 Å². The van der Waals surface area contributed by atoms with Gasteiger partial charge in [0.05, 0.1) is 0 Å². The standard InChI is InChI=1S/C11H13P/c1-7-5-4-6-10-8(2)12-9(3)11(7)10/h4-6,12H,1-3H3.